The lowest BCUT2D eigenvalue weighted by molar-refractivity contribution is -0.0198. The van der Waals surface area contributed by atoms with Crippen molar-refractivity contribution in [2.75, 3.05) is 13.1 Å². The van der Waals surface area contributed by atoms with Crippen molar-refractivity contribution in [1.29, 1.82) is 0 Å². The van der Waals surface area contributed by atoms with Gasteiger partial charge in [-0.1, -0.05) is 28.1 Å². The zero-order valence-corrected chi connectivity index (χ0v) is 13.8. The van der Waals surface area contributed by atoms with Gasteiger partial charge in [0.15, 0.2) is 0 Å². The fraction of sp³-hybridized carbons (Fsp3) is 0.412. The standard InChI is InChI=1S/C17H20BrNO2/c1-17(20)9-2-10-19(12-17)11-15-7-8-16(21-15)13-3-5-14(18)6-4-13/h3-8,20H,2,9-12H2,1H3. The zero-order chi connectivity index (χ0) is 14.9. The normalized spacial score (nSPS) is 23.4. The smallest absolute Gasteiger partial charge is 0.134 e. The predicted octanol–water partition coefficient (Wildman–Crippen LogP) is 4.06. The minimum atomic E-state index is -0.570. The van der Waals surface area contributed by atoms with E-state index in [9.17, 15) is 5.11 Å². The first-order valence-electron chi connectivity index (χ1n) is 7.31. The lowest BCUT2D eigenvalue weighted by atomic mass is 9.95. The van der Waals surface area contributed by atoms with E-state index in [-0.39, 0.29) is 0 Å². The van der Waals surface area contributed by atoms with Gasteiger partial charge in [-0.25, -0.2) is 0 Å². The second-order valence-electron chi connectivity index (χ2n) is 6.08. The highest BCUT2D eigenvalue weighted by atomic mass is 79.9. The summed E-state index contributed by atoms with van der Waals surface area (Å²) in [6, 6.07) is 12.1. The molecule has 3 rings (SSSR count). The summed E-state index contributed by atoms with van der Waals surface area (Å²) in [4.78, 5) is 2.26. The molecule has 2 aromatic rings. The van der Waals surface area contributed by atoms with Gasteiger partial charge in [0.2, 0.25) is 0 Å². The molecule has 4 heteroatoms. The summed E-state index contributed by atoms with van der Waals surface area (Å²) in [5, 5.41) is 10.2. The van der Waals surface area contributed by atoms with Gasteiger partial charge in [0.1, 0.15) is 11.5 Å². The highest BCUT2D eigenvalue weighted by Crippen LogP contribution is 2.26. The highest BCUT2D eigenvalue weighted by Gasteiger charge is 2.28. The number of β-amino-alcohol motifs (C(OH)–C–C–N with tert-alkyl or cyclic N) is 1. The molecule has 1 aromatic carbocycles. The van der Waals surface area contributed by atoms with Gasteiger partial charge >= 0.3 is 0 Å². The maximum atomic E-state index is 10.2. The van der Waals surface area contributed by atoms with Gasteiger partial charge < -0.3 is 9.52 Å². The summed E-state index contributed by atoms with van der Waals surface area (Å²) in [6.07, 6.45) is 1.92. The third kappa shape index (κ3) is 3.76. The number of hydrogen-bond acceptors (Lipinski definition) is 3. The SMILES string of the molecule is CC1(O)CCCN(Cc2ccc(-c3ccc(Br)cc3)o2)C1. The Kier molecular flexibility index (Phi) is 4.20. The molecule has 1 aromatic heterocycles. The van der Waals surface area contributed by atoms with Crippen molar-refractivity contribution in [2.24, 2.45) is 0 Å². The molecule has 1 N–H and O–H groups in total. The van der Waals surface area contributed by atoms with Crippen LogP contribution in [-0.4, -0.2) is 28.7 Å². The predicted molar refractivity (Wildman–Crippen MR) is 87.0 cm³/mol. The number of benzene rings is 1. The number of hydrogen-bond donors (Lipinski definition) is 1. The van der Waals surface area contributed by atoms with Crippen molar-refractivity contribution in [3.05, 3.63) is 46.6 Å². The minimum absolute atomic E-state index is 0.570. The van der Waals surface area contributed by atoms with E-state index in [2.05, 4.69) is 20.8 Å². The molecule has 0 amide bonds. The van der Waals surface area contributed by atoms with Crippen molar-refractivity contribution in [3.63, 3.8) is 0 Å². The summed E-state index contributed by atoms with van der Waals surface area (Å²) in [5.41, 5.74) is 0.509. The van der Waals surface area contributed by atoms with E-state index in [1.54, 1.807) is 0 Å². The number of aliphatic hydroxyl groups is 1. The molecule has 0 bridgehead atoms. The van der Waals surface area contributed by atoms with Gasteiger partial charge in [-0.2, -0.15) is 0 Å². The Balaban J connectivity index is 1.69. The molecule has 0 saturated carbocycles. The van der Waals surface area contributed by atoms with Gasteiger partial charge in [0, 0.05) is 16.6 Å². The first-order chi connectivity index (χ1) is 10.0. The molecule has 21 heavy (non-hydrogen) atoms. The van der Waals surface area contributed by atoms with Crippen LogP contribution in [0.3, 0.4) is 0 Å². The van der Waals surface area contributed by atoms with E-state index in [1.807, 2.05) is 43.3 Å². The number of rotatable bonds is 3. The van der Waals surface area contributed by atoms with Crippen molar-refractivity contribution in [2.45, 2.75) is 31.9 Å². The van der Waals surface area contributed by atoms with Crippen LogP contribution in [0.15, 0.2) is 45.3 Å². The first kappa shape index (κ1) is 14.8. The van der Waals surface area contributed by atoms with Gasteiger partial charge in [-0.15, -0.1) is 0 Å². The van der Waals surface area contributed by atoms with Crippen molar-refractivity contribution < 1.29 is 9.52 Å². The fourth-order valence-corrected chi connectivity index (χ4v) is 3.18. The lowest BCUT2D eigenvalue weighted by Crippen LogP contribution is -2.45. The Morgan fingerprint density at radius 2 is 2.00 bits per heavy atom. The molecule has 1 fully saturated rings. The van der Waals surface area contributed by atoms with Crippen molar-refractivity contribution in [1.82, 2.24) is 4.90 Å². The average Bonchev–Trinajstić information content (AvgIpc) is 2.87. The number of likely N-dealkylation sites (tertiary alicyclic amines) is 1. The van der Waals surface area contributed by atoms with Crippen LogP contribution in [0.5, 0.6) is 0 Å². The molecule has 1 saturated heterocycles. The van der Waals surface area contributed by atoms with E-state index in [0.717, 1.165) is 47.5 Å². The summed E-state index contributed by atoms with van der Waals surface area (Å²) in [7, 11) is 0. The molecule has 112 valence electrons. The quantitative estimate of drug-likeness (QED) is 0.907. The van der Waals surface area contributed by atoms with Crippen LogP contribution in [0.25, 0.3) is 11.3 Å². The summed E-state index contributed by atoms with van der Waals surface area (Å²) in [6.45, 7) is 4.40. The Hall–Kier alpha value is -1.10. The van der Waals surface area contributed by atoms with Crippen LogP contribution in [0.4, 0.5) is 0 Å². The number of furan rings is 1. The van der Waals surface area contributed by atoms with E-state index in [4.69, 9.17) is 4.42 Å². The molecule has 2 heterocycles. The fourth-order valence-electron chi connectivity index (χ4n) is 2.91. The first-order valence-corrected chi connectivity index (χ1v) is 8.11. The number of halogens is 1. The topological polar surface area (TPSA) is 36.6 Å². The van der Waals surface area contributed by atoms with Crippen molar-refractivity contribution in [3.8, 4) is 11.3 Å². The molecule has 0 spiro atoms. The molecule has 1 unspecified atom stereocenters. The minimum Gasteiger partial charge on any atom is -0.460 e. The van der Waals surface area contributed by atoms with Gasteiger partial charge in [-0.3, -0.25) is 4.90 Å². The molecule has 0 radical (unpaired) electrons. The third-order valence-electron chi connectivity index (χ3n) is 3.92. The average molecular weight is 350 g/mol. The van der Waals surface area contributed by atoms with Crippen LogP contribution in [0.1, 0.15) is 25.5 Å². The van der Waals surface area contributed by atoms with Crippen molar-refractivity contribution >= 4 is 15.9 Å². The van der Waals surface area contributed by atoms with Gasteiger partial charge in [-0.05, 0) is 50.6 Å². The van der Waals surface area contributed by atoms with E-state index >= 15 is 0 Å². The molecular weight excluding hydrogens is 330 g/mol. The highest BCUT2D eigenvalue weighted by molar-refractivity contribution is 9.10. The molecule has 1 aliphatic heterocycles. The zero-order valence-electron chi connectivity index (χ0n) is 12.2. The maximum Gasteiger partial charge on any atom is 0.134 e. The Bertz CT molecular complexity index is 604. The van der Waals surface area contributed by atoms with E-state index in [0.29, 0.717) is 6.54 Å². The summed E-state index contributed by atoms with van der Waals surface area (Å²) in [5.74, 6) is 1.84. The third-order valence-corrected chi connectivity index (χ3v) is 4.45. The molecule has 0 aliphatic carbocycles. The monoisotopic (exact) mass is 349 g/mol. The number of nitrogens with zero attached hydrogens (tertiary/aromatic N) is 1. The number of piperidine rings is 1. The largest absolute Gasteiger partial charge is 0.460 e. The van der Waals surface area contributed by atoms with Crippen LogP contribution in [0, 0.1) is 0 Å². The van der Waals surface area contributed by atoms with Gasteiger partial charge in [0.05, 0.1) is 12.1 Å². The second kappa shape index (κ2) is 5.95. The summed E-state index contributed by atoms with van der Waals surface area (Å²) >= 11 is 3.44. The Morgan fingerprint density at radius 3 is 2.71 bits per heavy atom. The molecule has 3 nitrogen and oxygen atoms in total. The second-order valence-corrected chi connectivity index (χ2v) is 7.00. The lowest BCUT2D eigenvalue weighted by Gasteiger charge is -2.36. The molecule has 1 atom stereocenters. The van der Waals surface area contributed by atoms with Crippen LogP contribution >= 0.6 is 15.9 Å². The molecular formula is C17H20BrNO2. The van der Waals surface area contributed by atoms with Gasteiger partial charge in [0.25, 0.3) is 0 Å². The molecule has 1 aliphatic rings. The summed E-state index contributed by atoms with van der Waals surface area (Å²) < 4.78 is 7.01. The maximum absolute atomic E-state index is 10.2. The Morgan fingerprint density at radius 1 is 1.24 bits per heavy atom. The van der Waals surface area contributed by atoms with E-state index < -0.39 is 5.60 Å². The van der Waals surface area contributed by atoms with E-state index in [1.165, 1.54) is 0 Å². The Labute approximate surface area is 133 Å². The van der Waals surface area contributed by atoms with Crippen LogP contribution in [-0.2, 0) is 6.54 Å². The van der Waals surface area contributed by atoms with Crippen LogP contribution < -0.4 is 0 Å². The van der Waals surface area contributed by atoms with Crippen LogP contribution in [0.2, 0.25) is 0 Å².